The highest BCUT2D eigenvalue weighted by Crippen LogP contribution is 2.34. The van der Waals surface area contributed by atoms with Crippen molar-refractivity contribution in [2.24, 2.45) is 0 Å². The molecule has 1 aliphatic heterocycles. The average molecular weight is 300 g/mol. The number of carbonyl (C=O) groups is 1. The molecule has 1 atom stereocenters. The monoisotopic (exact) mass is 300 g/mol. The second kappa shape index (κ2) is 5.30. The molecule has 2 aromatic heterocycles. The van der Waals surface area contributed by atoms with E-state index in [1.807, 2.05) is 30.0 Å². The summed E-state index contributed by atoms with van der Waals surface area (Å²) in [7, 11) is 4.04. The van der Waals surface area contributed by atoms with Gasteiger partial charge in [-0.2, -0.15) is 0 Å². The molecular weight excluding hydrogens is 276 g/mol. The van der Waals surface area contributed by atoms with Crippen molar-refractivity contribution in [1.82, 2.24) is 14.3 Å². The predicted molar refractivity (Wildman–Crippen MR) is 88.4 cm³/mol. The molecule has 0 aromatic carbocycles. The van der Waals surface area contributed by atoms with E-state index in [-0.39, 0.29) is 11.3 Å². The van der Waals surface area contributed by atoms with Gasteiger partial charge < -0.3 is 14.2 Å². The van der Waals surface area contributed by atoms with E-state index >= 15 is 0 Å². The molecule has 0 N–H and O–H groups in total. The number of hydrogen-bond acceptors (Lipinski definition) is 3. The van der Waals surface area contributed by atoms with Crippen molar-refractivity contribution in [3.63, 3.8) is 0 Å². The molecule has 1 fully saturated rings. The largest absolute Gasteiger partial charge is 0.361 e. The molecule has 3 rings (SSSR count). The zero-order valence-electron chi connectivity index (χ0n) is 13.8. The van der Waals surface area contributed by atoms with E-state index in [9.17, 15) is 4.79 Å². The minimum absolute atomic E-state index is 0.0901. The smallest absolute Gasteiger partial charge is 0.219 e. The number of anilines is 1. The number of nitrogens with zero attached hydrogens (tertiary/aromatic N) is 4. The van der Waals surface area contributed by atoms with Crippen molar-refractivity contribution in [3.8, 4) is 0 Å². The summed E-state index contributed by atoms with van der Waals surface area (Å²) < 4.78 is 2.13. The van der Waals surface area contributed by atoms with Crippen LogP contribution >= 0.6 is 0 Å². The van der Waals surface area contributed by atoms with E-state index in [0.717, 1.165) is 43.0 Å². The van der Waals surface area contributed by atoms with Gasteiger partial charge in [-0.15, -0.1) is 0 Å². The molecule has 2 aromatic rings. The van der Waals surface area contributed by atoms with Crippen LogP contribution in [0.15, 0.2) is 24.5 Å². The van der Waals surface area contributed by atoms with Crippen LogP contribution in [0.5, 0.6) is 0 Å². The number of rotatable bonds is 2. The Kier molecular flexibility index (Phi) is 3.59. The Morgan fingerprint density at radius 1 is 1.41 bits per heavy atom. The first-order valence-electron chi connectivity index (χ1n) is 7.82. The van der Waals surface area contributed by atoms with Gasteiger partial charge in [-0.1, -0.05) is 6.92 Å². The molecule has 118 valence electrons. The lowest BCUT2D eigenvalue weighted by atomic mass is 9.79. The molecule has 3 heterocycles. The van der Waals surface area contributed by atoms with Crippen LogP contribution in [0.4, 0.5) is 5.82 Å². The number of aromatic nitrogens is 2. The van der Waals surface area contributed by atoms with Crippen LogP contribution < -0.4 is 4.90 Å². The molecule has 0 aliphatic carbocycles. The lowest BCUT2D eigenvalue weighted by molar-refractivity contribution is -0.130. The highest BCUT2D eigenvalue weighted by atomic mass is 16.2. The predicted octanol–water partition coefficient (Wildman–Crippen LogP) is 2.30. The van der Waals surface area contributed by atoms with Gasteiger partial charge >= 0.3 is 0 Å². The number of hydrogen-bond donors (Lipinski definition) is 0. The van der Waals surface area contributed by atoms with Gasteiger partial charge in [-0.3, -0.25) is 4.79 Å². The Hall–Kier alpha value is -2.04. The van der Waals surface area contributed by atoms with Crippen molar-refractivity contribution in [2.75, 3.05) is 32.1 Å². The summed E-state index contributed by atoms with van der Waals surface area (Å²) in [5.41, 5.74) is 2.08. The molecule has 0 saturated carbocycles. The molecule has 0 spiro atoms. The Labute approximate surface area is 131 Å². The van der Waals surface area contributed by atoms with E-state index in [0.29, 0.717) is 0 Å². The van der Waals surface area contributed by atoms with Gasteiger partial charge in [-0.05, 0) is 25.0 Å². The van der Waals surface area contributed by atoms with E-state index in [2.05, 4.69) is 29.8 Å². The number of piperidine rings is 1. The molecule has 0 radical (unpaired) electrons. The maximum absolute atomic E-state index is 11.8. The first-order valence-corrected chi connectivity index (χ1v) is 7.82. The summed E-state index contributed by atoms with van der Waals surface area (Å²) in [5.74, 6) is 1.13. The van der Waals surface area contributed by atoms with Crippen LogP contribution in [0, 0.1) is 0 Å². The van der Waals surface area contributed by atoms with Crippen LogP contribution in [0.2, 0.25) is 0 Å². The van der Waals surface area contributed by atoms with Gasteiger partial charge in [-0.25, -0.2) is 4.98 Å². The second-order valence-electron chi connectivity index (χ2n) is 6.75. The van der Waals surface area contributed by atoms with Gasteiger partial charge in [0.25, 0.3) is 0 Å². The quantitative estimate of drug-likeness (QED) is 0.854. The molecule has 0 bridgehead atoms. The Bertz CT molecular complexity index is 706. The topological polar surface area (TPSA) is 40.9 Å². The molecule has 1 amide bonds. The fourth-order valence-electron chi connectivity index (χ4n) is 3.37. The summed E-state index contributed by atoms with van der Waals surface area (Å²) in [5, 5.41) is 0. The first-order chi connectivity index (χ1) is 10.4. The highest BCUT2D eigenvalue weighted by molar-refractivity contribution is 5.73. The number of carbonyl (C=O) groups excluding carboxylic acids is 1. The fourth-order valence-corrected chi connectivity index (χ4v) is 3.37. The van der Waals surface area contributed by atoms with E-state index in [1.165, 1.54) is 0 Å². The molecule has 5 nitrogen and oxygen atoms in total. The molecular formula is C17H24N4O. The molecule has 1 unspecified atom stereocenters. The van der Waals surface area contributed by atoms with E-state index < -0.39 is 0 Å². The normalized spacial score (nSPS) is 22.1. The van der Waals surface area contributed by atoms with Crippen molar-refractivity contribution in [3.05, 3.63) is 30.2 Å². The first kappa shape index (κ1) is 14.9. The van der Waals surface area contributed by atoms with Crippen LogP contribution in [0.3, 0.4) is 0 Å². The number of amides is 1. The lowest BCUT2D eigenvalue weighted by Gasteiger charge is -2.40. The maximum atomic E-state index is 11.8. The molecule has 22 heavy (non-hydrogen) atoms. The van der Waals surface area contributed by atoms with Gasteiger partial charge in [0.15, 0.2) is 5.82 Å². The zero-order valence-corrected chi connectivity index (χ0v) is 13.8. The van der Waals surface area contributed by atoms with E-state index in [1.54, 1.807) is 6.92 Å². The van der Waals surface area contributed by atoms with Gasteiger partial charge in [0.2, 0.25) is 5.91 Å². The van der Waals surface area contributed by atoms with Crippen molar-refractivity contribution in [1.29, 1.82) is 0 Å². The van der Waals surface area contributed by atoms with Crippen LogP contribution in [0.25, 0.3) is 5.52 Å². The molecule has 5 heteroatoms. The zero-order chi connectivity index (χ0) is 15.9. The summed E-state index contributed by atoms with van der Waals surface area (Å²) in [6.07, 6.45) is 6.26. The molecule has 1 aliphatic rings. The van der Waals surface area contributed by atoms with Crippen LogP contribution in [0.1, 0.15) is 32.4 Å². The average Bonchev–Trinajstić information content (AvgIpc) is 2.94. The number of fused-ring (bicyclic) bond motifs is 1. The Morgan fingerprint density at radius 2 is 2.18 bits per heavy atom. The minimum atomic E-state index is -0.0901. The van der Waals surface area contributed by atoms with E-state index in [4.69, 9.17) is 4.98 Å². The SMILES string of the molecule is CC(=O)N1CCCC(C)(c2cn3cccc3c(N(C)C)n2)C1. The second-order valence-corrected chi connectivity index (χ2v) is 6.75. The summed E-state index contributed by atoms with van der Waals surface area (Å²) in [4.78, 5) is 20.7. The number of likely N-dealkylation sites (tertiary alicyclic amines) is 1. The van der Waals surface area contributed by atoms with Crippen molar-refractivity contribution < 1.29 is 4.79 Å². The van der Waals surface area contributed by atoms with Crippen molar-refractivity contribution >= 4 is 17.2 Å². The van der Waals surface area contributed by atoms with Crippen molar-refractivity contribution in [2.45, 2.75) is 32.1 Å². The Morgan fingerprint density at radius 3 is 2.86 bits per heavy atom. The molecule has 1 saturated heterocycles. The summed E-state index contributed by atoms with van der Waals surface area (Å²) in [6.45, 7) is 5.48. The lowest BCUT2D eigenvalue weighted by Crippen LogP contribution is -2.46. The third-order valence-corrected chi connectivity index (χ3v) is 4.68. The maximum Gasteiger partial charge on any atom is 0.219 e. The van der Waals surface area contributed by atoms with Crippen LogP contribution in [-0.2, 0) is 10.2 Å². The van der Waals surface area contributed by atoms with Gasteiger partial charge in [0.05, 0.1) is 11.2 Å². The third-order valence-electron chi connectivity index (χ3n) is 4.68. The Balaban J connectivity index is 2.06. The highest BCUT2D eigenvalue weighted by Gasteiger charge is 2.35. The van der Waals surface area contributed by atoms with Gasteiger partial charge in [0.1, 0.15) is 0 Å². The minimum Gasteiger partial charge on any atom is -0.361 e. The van der Waals surface area contributed by atoms with Gasteiger partial charge in [0, 0.05) is 51.9 Å². The summed E-state index contributed by atoms with van der Waals surface area (Å²) in [6, 6.07) is 4.12. The third kappa shape index (κ3) is 2.45. The standard InChI is InChI=1S/C17H24N4O/c1-13(22)21-10-6-8-17(2,12-21)15-11-20-9-5-7-14(20)16(18-15)19(3)4/h5,7,9,11H,6,8,10,12H2,1-4H3. The fraction of sp³-hybridized carbons (Fsp3) is 0.529. The summed E-state index contributed by atoms with van der Waals surface area (Å²) >= 11 is 0. The van der Waals surface area contributed by atoms with Crippen LogP contribution in [-0.4, -0.2) is 47.4 Å².